The van der Waals surface area contributed by atoms with Gasteiger partial charge in [-0.3, -0.25) is 0 Å². The Kier molecular flexibility index (Phi) is 5.45. The molecule has 0 heterocycles. The van der Waals surface area contributed by atoms with E-state index in [1.807, 2.05) is 42.5 Å². The fraction of sp³-hybridized carbons (Fsp3) is 0.400. The number of hydrogen-bond acceptors (Lipinski definition) is 3. The molecule has 0 amide bonds. The summed E-state index contributed by atoms with van der Waals surface area (Å²) < 4.78 is 33.1. The van der Waals surface area contributed by atoms with Gasteiger partial charge in [-0.25, -0.2) is 13.1 Å². The third kappa shape index (κ3) is 4.41. The number of sulfonamides is 1. The number of rotatable bonds is 7. The summed E-state index contributed by atoms with van der Waals surface area (Å²) in [5, 5.41) is 0. The SMILES string of the molecule is COc1ccc(C2(CNS(=O)(=O)Cc3ccccc3)CCCC2)cc1. The molecule has 1 aliphatic carbocycles. The zero-order valence-electron chi connectivity index (χ0n) is 14.6. The predicted molar refractivity (Wildman–Crippen MR) is 100 cm³/mol. The van der Waals surface area contributed by atoms with Crippen LogP contribution in [0.1, 0.15) is 36.8 Å². The first kappa shape index (κ1) is 18.0. The van der Waals surface area contributed by atoms with Crippen molar-refractivity contribution in [1.29, 1.82) is 0 Å². The first-order valence-electron chi connectivity index (χ1n) is 8.69. The minimum atomic E-state index is -3.36. The van der Waals surface area contributed by atoms with Crippen LogP contribution in [0.15, 0.2) is 54.6 Å². The lowest BCUT2D eigenvalue weighted by molar-refractivity contribution is 0.410. The molecule has 1 N–H and O–H groups in total. The van der Waals surface area contributed by atoms with Crippen molar-refractivity contribution in [2.75, 3.05) is 13.7 Å². The Morgan fingerprint density at radius 2 is 1.64 bits per heavy atom. The maximum atomic E-state index is 12.5. The van der Waals surface area contributed by atoms with E-state index in [4.69, 9.17) is 4.74 Å². The minimum Gasteiger partial charge on any atom is -0.497 e. The Hall–Kier alpha value is -1.85. The molecule has 5 heteroatoms. The third-order valence-electron chi connectivity index (χ3n) is 5.09. The quantitative estimate of drug-likeness (QED) is 0.821. The molecule has 134 valence electrons. The van der Waals surface area contributed by atoms with E-state index in [2.05, 4.69) is 16.9 Å². The number of benzene rings is 2. The highest BCUT2D eigenvalue weighted by Crippen LogP contribution is 2.41. The number of nitrogens with one attached hydrogen (secondary N) is 1. The highest BCUT2D eigenvalue weighted by Gasteiger charge is 2.36. The van der Waals surface area contributed by atoms with Crippen molar-refractivity contribution in [2.24, 2.45) is 0 Å². The van der Waals surface area contributed by atoms with Crippen LogP contribution in [0.3, 0.4) is 0 Å². The van der Waals surface area contributed by atoms with Crippen LogP contribution in [-0.4, -0.2) is 22.1 Å². The number of methoxy groups -OCH3 is 1. The van der Waals surface area contributed by atoms with E-state index < -0.39 is 10.0 Å². The lowest BCUT2D eigenvalue weighted by Gasteiger charge is -2.30. The summed E-state index contributed by atoms with van der Waals surface area (Å²) in [5.74, 6) is 0.841. The molecule has 0 aliphatic heterocycles. The summed E-state index contributed by atoms with van der Waals surface area (Å²) in [7, 11) is -1.70. The molecule has 2 aromatic carbocycles. The molecule has 3 rings (SSSR count). The van der Waals surface area contributed by atoms with Gasteiger partial charge in [-0.2, -0.15) is 0 Å². The van der Waals surface area contributed by atoms with Crippen LogP contribution < -0.4 is 9.46 Å². The van der Waals surface area contributed by atoms with Crippen LogP contribution in [-0.2, 0) is 21.2 Å². The van der Waals surface area contributed by atoms with Gasteiger partial charge < -0.3 is 4.74 Å². The Labute approximate surface area is 150 Å². The molecule has 1 saturated carbocycles. The Morgan fingerprint density at radius 1 is 1.00 bits per heavy atom. The fourth-order valence-electron chi connectivity index (χ4n) is 3.66. The van der Waals surface area contributed by atoms with Gasteiger partial charge in [0.2, 0.25) is 10.0 Å². The molecule has 0 unspecified atom stereocenters. The second kappa shape index (κ2) is 7.58. The van der Waals surface area contributed by atoms with E-state index in [1.165, 1.54) is 5.56 Å². The summed E-state index contributed by atoms with van der Waals surface area (Å²) in [6.07, 6.45) is 4.28. The molecule has 25 heavy (non-hydrogen) atoms. The van der Waals surface area contributed by atoms with Crippen LogP contribution in [0.2, 0.25) is 0 Å². The topological polar surface area (TPSA) is 55.4 Å². The first-order chi connectivity index (χ1) is 12.0. The maximum absolute atomic E-state index is 12.5. The maximum Gasteiger partial charge on any atom is 0.215 e. The molecule has 0 aromatic heterocycles. The van der Waals surface area contributed by atoms with Gasteiger partial charge in [0.1, 0.15) is 5.75 Å². The number of ether oxygens (including phenoxy) is 1. The summed E-state index contributed by atoms with van der Waals surface area (Å²) in [5.41, 5.74) is 1.88. The van der Waals surface area contributed by atoms with Gasteiger partial charge >= 0.3 is 0 Å². The highest BCUT2D eigenvalue weighted by molar-refractivity contribution is 7.88. The van der Waals surface area contributed by atoms with Crippen molar-refractivity contribution in [3.8, 4) is 5.75 Å². The van der Waals surface area contributed by atoms with Gasteiger partial charge in [-0.15, -0.1) is 0 Å². The average molecular weight is 359 g/mol. The van der Waals surface area contributed by atoms with E-state index in [0.29, 0.717) is 6.54 Å². The van der Waals surface area contributed by atoms with Gasteiger partial charge in [0.05, 0.1) is 12.9 Å². The Bertz CT molecular complexity index is 779. The smallest absolute Gasteiger partial charge is 0.215 e. The summed E-state index contributed by atoms with van der Waals surface area (Å²) >= 11 is 0. The molecule has 0 atom stereocenters. The van der Waals surface area contributed by atoms with Crippen LogP contribution >= 0.6 is 0 Å². The zero-order valence-corrected chi connectivity index (χ0v) is 15.4. The molecule has 2 aromatic rings. The van der Waals surface area contributed by atoms with Gasteiger partial charge in [0.25, 0.3) is 0 Å². The molecule has 0 bridgehead atoms. The molecule has 1 fully saturated rings. The molecular weight excluding hydrogens is 334 g/mol. The van der Waals surface area contributed by atoms with E-state index in [1.54, 1.807) is 7.11 Å². The van der Waals surface area contributed by atoms with Crippen molar-refractivity contribution in [1.82, 2.24) is 4.72 Å². The Morgan fingerprint density at radius 3 is 2.24 bits per heavy atom. The zero-order chi connectivity index (χ0) is 17.8. The largest absolute Gasteiger partial charge is 0.497 e. The van der Waals surface area contributed by atoms with Crippen molar-refractivity contribution in [2.45, 2.75) is 36.9 Å². The van der Waals surface area contributed by atoms with E-state index in [0.717, 1.165) is 37.0 Å². The van der Waals surface area contributed by atoms with E-state index in [-0.39, 0.29) is 11.2 Å². The first-order valence-corrected chi connectivity index (χ1v) is 10.3. The van der Waals surface area contributed by atoms with Crippen molar-refractivity contribution in [3.63, 3.8) is 0 Å². The molecular formula is C20H25NO3S. The molecule has 1 aliphatic rings. The lowest BCUT2D eigenvalue weighted by Crippen LogP contribution is -2.39. The van der Waals surface area contributed by atoms with Crippen molar-refractivity contribution in [3.05, 3.63) is 65.7 Å². The van der Waals surface area contributed by atoms with E-state index in [9.17, 15) is 8.42 Å². The molecule has 4 nitrogen and oxygen atoms in total. The van der Waals surface area contributed by atoms with Crippen LogP contribution in [0.4, 0.5) is 0 Å². The van der Waals surface area contributed by atoms with Gasteiger partial charge in [-0.05, 0) is 36.1 Å². The normalized spacial score (nSPS) is 16.7. The van der Waals surface area contributed by atoms with Gasteiger partial charge in [0, 0.05) is 12.0 Å². The average Bonchev–Trinajstić information content (AvgIpc) is 3.11. The van der Waals surface area contributed by atoms with Crippen LogP contribution in [0, 0.1) is 0 Å². The summed E-state index contributed by atoms with van der Waals surface area (Å²) in [6, 6.07) is 17.3. The monoisotopic (exact) mass is 359 g/mol. The van der Waals surface area contributed by atoms with Crippen LogP contribution in [0.5, 0.6) is 5.75 Å². The summed E-state index contributed by atoms with van der Waals surface area (Å²) in [6.45, 7) is 0.453. The number of hydrogen-bond donors (Lipinski definition) is 1. The third-order valence-corrected chi connectivity index (χ3v) is 6.39. The van der Waals surface area contributed by atoms with E-state index >= 15 is 0 Å². The van der Waals surface area contributed by atoms with Crippen molar-refractivity contribution >= 4 is 10.0 Å². The molecule has 0 spiro atoms. The fourth-order valence-corrected chi connectivity index (χ4v) is 4.89. The Balaban J connectivity index is 1.73. The highest BCUT2D eigenvalue weighted by atomic mass is 32.2. The minimum absolute atomic E-state index is 0.0204. The van der Waals surface area contributed by atoms with Crippen molar-refractivity contribution < 1.29 is 13.2 Å². The van der Waals surface area contributed by atoms with Gasteiger partial charge in [0.15, 0.2) is 0 Å². The van der Waals surface area contributed by atoms with Gasteiger partial charge in [-0.1, -0.05) is 55.3 Å². The predicted octanol–water partition coefficient (Wildman–Crippen LogP) is 3.63. The standard InChI is InChI=1S/C20H25NO3S/c1-24-19-11-9-18(10-12-19)20(13-5-6-14-20)16-21-25(22,23)15-17-7-3-2-4-8-17/h2-4,7-12,21H,5-6,13-16H2,1H3. The summed E-state index contributed by atoms with van der Waals surface area (Å²) in [4.78, 5) is 0. The second-order valence-electron chi connectivity index (χ2n) is 6.78. The lowest BCUT2D eigenvalue weighted by atomic mass is 9.79. The molecule has 0 saturated heterocycles. The molecule has 0 radical (unpaired) electrons. The van der Waals surface area contributed by atoms with Crippen LogP contribution in [0.25, 0.3) is 0 Å². The second-order valence-corrected chi connectivity index (χ2v) is 8.59.